The molecule has 86 valence electrons. The molecule has 0 saturated heterocycles. The molecule has 1 aromatic carbocycles. The van der Waals surface area contributed by atoms with Gasteiger partial charge >= 0.3 is 0 Å². The minimum atomic E-state index is -0.141. The molecule has 0 fully saturated rings. The van der Waals surface area contributed by atoms with E-state index in [1.165, 1.54) is 0 Å². The predicted molar refractivity (Wildman–Crippen MR) is 66.6 cm³/mol. The lowest BCUT2D eigenvalue weighted by Gasteiger charge is -2.05. The van der Waals surface area contributed by atoms with Gasteiger partial charge in [0.05, 0.1) is 0 Å². The largest absolute Gasteiger partial charge is 0.347 e. The molecule has 0 bridgehead atoms. The summed E-state index contributed by atoms with van der Waals surface area (Å²) in [4.78, 5) is 15.8. The number of amides is 1. The predicted octanol–water partition coefficient (Wildman–Crippen LogP) is 2.32. The Labute approximate surface area is 101 Å². The van der Waals surface area contributed by atoms with Crippen molar-refractivity contribution in [2.75, 3.05) is 0 Å². The minimum Gasteiger partial charge on any atom is -0.347 e. The van der Waals surface area contributed by atoms with Crippen molar-refractivity contribution in [3.63, 3.8) is 0 Å². The van der Waals surface area contributed by atoms with Gasteiger partial charge in [-0.15, -0.1) is 0 Å². The van der Waals surface area contributed by atoms with E-state index in [2.05, 4.69) is 10.3 Å². The van der Waals surface area contributed by atoms with Crippen molar-refractivity contribution in [3.05, 3.63) is 65.5 Å². The average Bonchev–Trinajstić information content (AvgIpc) is 2.37. The Morgan fingerprint density at radius 1 is 1.24 bits per heavy atom. The van der Waals surface area contributed by atoms with Gasteiger partial charge in [0.2, 0.25) is 0 Å². The first kappa shape index (κ1) is 11.3. The topological polar surface area (TPSA) is 42.0 Å². The summed E-state index contributed by atoms with van der Waals surface area (Å²) in [6.07, 6.45) is 1.65. The lowest BCUT2D eigenvalue weighted by molar-refractivity contribution is 0.0946. The third-order valence-corrected chi connectivity index (χ3v) is 2.44. The number of rotatable bonds is 3. The first-order valence-electron chi connectivity index (χ1n) is 5.50. The Kier molecular flexibility index (Phi) is 3.50. The Bertz CT molecular complexity index is 509. The van der Waals surface area contributed by atoms with Crippen LogP contribution in [0, 0.1) is 6.92 Å². The molecular weight excluding hydrogens is 212 g/mol. The second-order valence-corrected chi connectivity index (χ2v) is 3.89. The summed E-state index contributed by atoms with van der Waals surface area (Å²) in [5, 5.41) is 2.84. The monoisotopic (exact) mass is 226 g/mol. The number of hydrogen-bond acceptors (Lipinski definition) is 2. The van der Waals surface area contributed by atoms with Crippen molar-refractivity contribution in [2.24, 2.45) is 0 Å². The molecule has 17 heavy (non-hydrogen) atoms. The Morgan fingerprint density at radius 3 is 2.71 bits per heavy atom. The van der Waals surface area contributed by atoms with Crippen molar-refractivity contribution >= 4 is 5.91 Å². The Hall–Kier alpha value is -2.16. The van der Waals surface area contributed by atoms with Gasteiger partial charge in [-0.05, 0) is 30.2 Å². The number of carbonyl (C=O) groups is 1. The molecule has 0 unspecified atom stereocenters. The lowest BCUT2D eigenvalue weighted by Crippen LogP contribution is -2.23. The number of pyridine rings is 1. The first-order valence-corrected chi connectivity index (χ1v) is 5.50. The van der Waals surface area contributed by atoms with Crippen molar-refractivity contribution in [2.45, 2.75) is 13.5 Å². The van der Waals surface area contributed by atoms with E-state index in [1.807, 2.05) is 43.3 Å². The van der Waals surface area contributed by atoms with Gasteiger partial charge in [0.15, 0.2) is 0 Å². The Balaban J connectivity index is 1.98. The quantitative estimate of drug-likeness (QED) is 0.872. The number of aryl methyl sites for hydroxylation is 1. The van der Waals surface area contributed by atoms with Crippen molar-refractivity contribution in [1.82, 2.24) is 10.3 Å². The highest BCUT2D eigenvalue weighted by atomic mass is 16.1. The van der Waals surface area contributed by atoms with Gasteiger partial charge in [-0.3, -0.25) is 9.78 Å². The van der Waals surface area contributed by atoms with E-state index >= 15 is 0 Å². The maximum Gasteiger partial charge on any atom is 0.270 e. The molecule has 1 heterocycles. The van der Waals surface area contributed by atoms with Crippen LogP contribution in [0.4, 0.5) is 0 Å². The molecule has 2 rings (SSSR count). The van der Waals surface area contributed by atoms with Crippen LogP contribution in [0.2, 0.25) is 0 Å². The highest BCUT2D eigenvalue weighted by Gasteiger charge is 2.06. The molecule has 0 aliphatic carbocycles. The highest BCUT2D eigenvalue weighted by Crippen LogP contribution is 2.01. The number of hydrogen-bond donors (Lipinski definition) is 1. The standard InChI is InChI=1S/C14H14N2O/c1-11-7-8-15-13(9-11)14(17)16-10-12-5-3-2-4-6-12/h2-9H,10H2,1H3,(H,16,17). The van der Waals surface area contributed by atoms with Gasteiger partial charge < -0.3 is 5.32 Å². The molecule has 0 spiro atoms. The fourth-order valence-electron chi connectivity index (χ4n) is 1.53. The number of nitrogens with zero attached hydrogens (tertiary/aromatic N) is 1. The summed E-state index contributed by atoms with van der Waals surface area (Å²) in [5.41, 5.74) is 2.57. The third kappa shape index (κ3) is 3.14. The van der Waals surface area contributed by atoms with Crippen LogP contribution in [0.1, 0.15) is 21.6 Å². The van der Waals surface area contributed by atoms with Crippen LogP contribution in [-0.4, -0.2) is 10.9 Å². The van der Waals surface area contributed by atoms with E-state index in [1.54, 1.807) is 12.3 Å². The summed E-state index contributed by atoms with van der Waals surface area (Å²) >= 11 is 0. The van der Waals surface area contributed by atoms with Crippen LogP contribution >= 0.6 is 0 Å². The summed E-state index contributed by atoms with van der Waals surface area (Å²) in [5.74, 6) is -0.141. The zero-order valence-electron chi connectivity index (χ0n) is 9.68. The van der Waals surface area contributed by atoms with Crippen molar-refractivity contribution < 1.29 is 4.79 Å². The second kappa shape index (κ2) is 5.25. The molecule has 0 aliphatic rings. The molecule has 1 amide bonds. The van der Waals surface area contributed by atoms with Crippen LogP contribution in [0.25, 0.3) is 0 Å². The first-order chi connectivity index (χ1) is 8.25. The van der Waals surface area contributed by atoms with Crippen molar-refractivity contribution in [1.29, 1.82) is 0 Å². The second-order valence-electron chi connectivity index (χ2n) is 3.89. The maximum absolute atomic E-state index is 11.8. The van der Waals surface area contributed by atoms with Gasteiger partial charge in [-0.1, -0.05) is 30.3 Å². The van der Waals surface area contributed by atoms with Crippen LogP contribution in [0.15, 0.2) is 48.7 Å². The average molecular weight is 226 g/mol. The van der Waals surface area contributed by atoms with E-state index in [9.17, 15) is 4.79 Å². The van der Waals surface area contributed by atoms with E-state index in [4.69, 9.17) is 0 Å². The van der Waals surface area contributed by atoms with Gasteiger partial charge in [0.1, 0.15) is 5.69 Å². The number of benzene rings is 1. The molecule has 3 nitrogen and oxygen atoms in total. The molecule has 0 saturated carbocycles. The zero-order chi connectivity index (χ0) is 12.1. The van der Waals surface area contributed by atoms with Crippen LogP contribution in [0.5, 0.6) is 0 Å². The van der Waals surface area contributed by atoms with Gasteiger partial charge in [0.25, 0.3) is 5.91 Å². The Morgan fingerprint density at radius 2 is 2.00 bits per heavy atom. The molecule has 0 atom stereocenters. The van der Waals surface area contributed by atoms with E-state index in [0.29, 0.717) is 12.2 Å². The normalized spacial score (nSPS) is 9.94. The van der Waals surface area contributed by atoms with E-state index in [0.717, 1.165) is 11.1 Å². The lowest BCUT2D eigenvalue weighted by atomic mass is 10.2. The molecule has 1 N–H and O–H groups in total. The van der Waals surface area contributed by atoms with Crippen LogP contribution < -0.4 is 5.32 Å². The molecule has 1 aromatic heterocycles. The van der Waals surface area contributed by atoms with Crippen LogP contribution in [0.3, 0.4) is 0 Å². The summed E-state index contributed by atoms with van der Waals surface area (Å²) in [6.45, 7) is 2.46. The summed E-state index contributed by atoms with van der Waals surface area (Å²) < 4.78 is 0. The maximum atomic E-state index is 11.8. The van der Waals surface area contributed by atoms with Crippen LogP contribution in [-0.2, 0) is 6.54 Å². The molecule has 2 aromatic rings. The molecule has 0 aliphatic heterocycles. The summed E-state index contributed by atoms with van der Waals surface area (Å²) in [7, 11) is 0. The van der Waals surface area contributed by atoms with E-state index in [-0.39, 0.29) is 5.91 Å². The molecule has 3 heteroatoms. The molecular formula is C14H14N2O. The number of carbonyl (C=O) groups excluding carboxylic acids is 1. The highest BCUT2D eigenvalue weighted by molar-refractivity contribution is 5.92. The molecule has 0 radical (unpaired) electrons. The van der Waals surface area contributed by atoms with Gasteiger partial charge in [-0.2, -0.15) is 0 Å². The third-order valence-electron chi connectivity index (χ3n) is 2.44. The fourth-order valence-corrected chi connectivity index (χ4v) is 1.53. The summed E-state index contributed by atoms with van der Waals surface area (Å²) in [6, 6.07) is 13.5. The minimum absolute atomic E-state index is 0.141. The fraction of sp³-hybridized carbons (Fsp3) is 0.143. The van der Waals surface area contributed by atoms with Gasteiger partial charge in [0, 0.05) is 12.7 Å². The number of nitrogens with one attached hydrogen (secondary N) is 1. The van der Waals surface area contributed by atoms with E-state index < -0.39 is 0 Å². The SMILES string of the molecule is Cc1ccnc(C(=O)NCc2ccccc2)c1. The van der Waals surface area contributed by atoms with Crippen molar-refractivity contribution in [3.8, 4) is 0 Å². The zero-order valence-corrected chi connectivity index (χ0v) is 9.68. The number of aromatic nitrogens is 1. The smallest absolute Gasteiger partial charge is 0.270 e. The van der Waals surface area contributed by atoms with Gasteiger partial charge in [-0.25, -0.2) is 0 Å².